The Bertz CT molecular complexity index is 577. The lowest BCUT2D eigenvalue weighted by Crippen LogP contribution is -2.41. The number of nitrogens with zero attached hydrogens (tertiary/aromatic N) is 4. The molecule has 2 rings (SSSR count). The topological polar surface area (TPSA) is 58.4 Å². The van der Waals surface area contributed by atoms with Gasteiger partial charge in [0.1, 0.15) is 5.82 Å². The first-order chi connectivity index (χ1) is 10.8. The number of carbonyl (C=O) groups is 2. The van der Waals surface area contributed by atoms with Crippen LogP contribution in [0, 0.1) is 5.92 Å². The third kappa shape index (κ3) is 4.12. The largest absolute Gasteiger partial charge is 0.348 e. The molecule has 0 aromatic carbocycles. The number of rotatable bonds is 5. The minimum absolute atomic E-state index is 0.0355. The number of hydrogen-bond acceptors (Lipinski definition) is 3. The van der Waals surface area contributed by atoms with E-state index in [0.717, 1.165) is 24.5 Å². The van der Waals surface area contributed by atoms with Crippen LogP contribution in [0.5, 0.6) is 0 Å². The number of imidazole rings is 1. The Labute approximate surface area is 138 Å². The molecule has 0 bridgehead atoms. The van der Waals surface area contributed by atoms with E-state index in [0.29, 0.717) is 25.3 Å². The fraction of sp³-hybridized carbons (Fsp3) is 0.706. The smallest absolute Gasteiger partial charge is 0.228 e. The predicted octanol–water partition coefficient (Wildman–Crippen LogP) is 1.85. The van der Waals surface area contributed by atoms with Gasteiger partial charge in [-0.1, -0.05) is 13.8 Å². The zero-order chi connectivity index (χ0) is 17.1. The first-order valence-electron chi connectivity index (χ1n) is 8.35. The van der Waals surface area contributed by atoms with E-state index < -0.39 is 0 Å². The van der Waals surface area contributed by atoms with Crippen molar-refractivity contribution >= 4 is 11.8 Å². The molecule has 0 spiro atoms. The van der Waals surface area contributed by atoms with Crippen LogP contribution in [0.3, 0.4) is 0 Å². The van der Waals surface area contributed by atoms with Gasteiger partial charge in [0, 0.05) is 39.8 Å². The van der Waals surface area contributed by atoms with Gasteiger partial charge in [-0.05, 0) is 19.3 Å². The van der Waals surface area contributed by atoms with E-state index in [1.807, 2.05) is 18.0 Å². The van der Waals surface area contributed by atoms with Crippen LogP contribution >= 0.6 is 0 Å². The normalized spacial score (nSPS) is 17.3. The van der Waals surface area contributed by atoms with Crippen molar-refractivity contribution < 1.29 is 9.59 Å². The van der Waals surface area contributed by atoms with Crippen LogP contribution in [-0.2, 0) is 22.6 Å². The third-order valence-corrected chi connectivity index (χ3v) is 4.37. The van der Waals surface area contributed by atoms with Gasteiger partial charge in [0.25, 0.3) is 0 Å². The van der Waals surface area contributed by atoms with Gasteiger partial charge in [-0.15, -0.1) is 0 Å². The molecule has 23 heavy (non-hydrogen) atoms. The molecular weight excluding hydrogens is 292 g/mol. The fourth-order valence-electron chi connectivity index (χ4n) is 2.84. The summed E-state index contributed by atoms with van der Waals surface area (Å²) in [5.41, 5.74) is 0.780. The number of amides is 2. The minimum atomic E-state index is -0.0355. The van der Waals surface area contributed by atoms with Gasteiger partial charge < -0.3 is 14.4 Å². The number of aromatic nitrogens is 2. The van der Waals surface area contributed by atoms with E-state index >= 15 is 0 Å². The first kappa shape index (κ1) is 17.5. The molecular formula is C17H28N4O2. The van der Waals surface area contributed by atoms with E-state index in [4.69, 9.17) is 0 Å². The van der Waals surface area contributed by atoms with Crippen molar-refractivity contribution in [3.63, 3.8) is 0 Å². The molecule has 0 saturated carbocycles. The Hall–Kier alpha value is -1.85. The molecule has 1 aromatic heterocycles. The zero-order valence-electron chi connectivity index (χ0n) is 14.9. The summed E-state index contributed by atoms with van der Waals surface area (Å²) in [7, 11) is 3.49. The van der Waals surface area contributed by atoms with E-state index in [1.54, 1.807) is 19.0 Å². The second-order valence-electron chi connectivity index (χ2n) is 6.94. The van der Waals surface area contributed by atoms with Gasteiger partial charge >= 0.3 is 0 Å². The summed E-state index contributed by atoms with van der Waals surface area (Å²) in [5.74, 6) is 1.66. The number of hydrogen-bond donors (Lipinski definition) is 0. The Balaban J connectivity index is 2.07. The number of likely N-dealkylation sites (N-methyl/N-ethyl adjacent to an activating group) is 1. The van der Waals surface area contributed by atoms with Crippen LogP contribution in [0.2, 0.25) is 0 Å². The number of carbonyl (C=O) groups excluding carboxylic acids is 2. The van der Waals surface area contributed by atoms with Crippen molar-refractivity contribution in [2.24, 2.45) is 5.92 Å². The summed E-state index contributed by atoms with van der Waals surface area (Å²) >= 11 is 0. The SMILES string of the molecule is CC(C)CCC(=O)N1CCn2cc(CC(=O)N(C)C)nc2[C@H]1C. The van der Waals surface area contributed by atoms with Crippen molar-refractivity contribution in [2.75, 3.05) is 20.6 Å². The summed E-state index contributed by atoms with van der Waals surface area (Å²) < 4.78 is 2.08. The van der Waals surface area contributed by atoms with Gasteiger partial charge in [-0.3, -0.25) is 9.59 Å². The molecule has 1 aliphatic rings. The first-order valence-corrected chi connectivity index (χ1v) is 8.35. The van der Waals surface area contributed by atoms with Crippen molar-refractivity contribution in [2.45, 2.75) is 52.6 Å². The highest BCUT2D eigenvalue weighted by Gasteiger charge is 2.29. The molecule has 2 amide bonds. The van der Waals surface area contributed by atoms with Gasteiger partial charge in [0.05, 0.1) is 18.2 Å². The molecule has 6 nitrogen and oxygen atoms in total. The maximum Gasteiger partial charge on any atom is 0.228 e. The molecule has 1 atom stereocenters. The average molecular weight is 320 g/mol. The van der Waals surface area contributed by atoms with Gasteiger partial charge in [0.15, 0.2) is 0 Å². The van der Waals surface area contributed by atoms with Gasteiger partial charge in [-0.25, -0.2) is 4.98 Å². The standard InChI is InChI=1S/C17H28N4O2/c1-12(2)6-7-15(22)21-9-8-20-11-14(10-16(23)19(4)5)18-17(20)13(21)3/h11-13H,6-10H2,1-5H3/t13-/m1/s1. The quantitative estimate of drug-likeness (QED) is 0.832. The van der Waals surface area contributed by atoms with Gasteiger partial charge in [0.2, 0.25) is 11.8 Å². The van der Waals surface area contributed by atoms with Crippen LogP contribution in [-0.4, -0.2) is 51.8 Å². The highest BCUT2D eigenvalue weighted by Crippen LogP contribution is 2.26. The molecule has 6 heteroatoms. The van der Waals surface area contributed by atoms with E-state index in [2.05, 4.69) is 23.4 Å². The minimum Gasteiger partial charge on any atom is -0.348 e. The summed E-state index contributed by atoms with van der Waals surface area (Å²) in [6.07, 6.45) is 3.76. The van der Waals surface area contributed by atoms with Crippen LogP contribution in [0.25, 0.3) is 0 Å². The Morgan fingerprint density at radius 1 is 1.35 bits per heavy atom. The van der Waals surface area contributed by atoms with Crippen LogP contribution in [0.1, 0.15) is 51.2 Å². The summed E-state index contributed by atoms with van der Waals surface area (Å²) in [5, 5.41) is 0. The molecule has 2 heterocycles. The van der Waals surface area contributed by atoms with Crippen LogP contribution in [0.4, 0.5) is 0 Å². The molecule has 0 N–H and O–H groups in total. The highest BCUT2D eigenvalue weighted by atomic mass is 16.2. The molecule has 0 unspecified atom stereocenters. The Kier molecular flexibility index (Phi) is 5.44. The number of fused-ring (bicyclic) bond motifs is 1. The molecule has 1 aliphatic heterocycles. The Morgan fingerprint density at radius 2 is 2.04 bits per heavy atom. The zero-order valence-corrected chi connectivity index (χ0v) is 14.9. The van der Waals surface area contributed by atoms with Crippen molar-refractivity contribution in [1.82, 2.24) is 19.4 Å². The predicted molar refractivity (Wildman–Crippen MR) is 88.8 cm³/mol. The lowest BCUT2D eigenvalue weighted by atomic mass is 10.1. The van der Waals surface area contributed by atoms with Crippen molar-refractivity contribution in [3.05, 3.63) is 17.7 Å². The van der Waals surface area contributed by atoms with Crippen LogP contribution < -0.4 is 0 Å². The summed E-state index contributed by atoms with van der Waals surface area (Å²) in [6, 6.07) is -0.0355. The second-order valence-corrected chi connectivity index (χ2v) is 6.94. The molecule has 0 aliphatic carbocycles. The summed E-state index contributed by atoms with van der Waals surface area (Å²) in [6.45, 7) is 7.74. The highest BCUT2D eigenvalue weighted by molar-refractivity contribution is 5.78. The van der Waals surface area contributed by atoms with Gasteiger partial charge in [-0.2, -0.15) is 0 Å². The fourth-order valence-corrected chi connectivity index (χ4v) is 2.84. The maximum absolute atomic E-state index is 12.4. The average Bonchev–Trinajstić information content (AvgIpc) is 2.88. The Morgan fingerprint density at radius 3 is 2.65 bits per heavy atom. The van der Waals surface area contributed by atoms with E-state index in [1.165, 1.54) is 0 Å². The lowest BCUT2D eigenvalue weighted by molar-refractivity contribution is -0.134. The molecule has 0 saturated heterocycles. The van der Waals surface area contributed by atoms with E-state index in [9.17, 15) is 9.59 Å². The monoisotopic (exact) mass is 320 g/mol. The maximum atomic E-state index is 12.4. The second kappa shape index (κ2) is 7.15. The third-order valence-electron chi connectivity index (χ3n) is 4.37. The molecule has 128 valence electrons. The lowest BCUT2D eigenvalue weighted by Gasteiger charge is -2.34. The molecule has 0 fully saturated rings. The van der Waals surface area contributed by atoms with Crippen molar-refractivity contribution in [1.29, 1.82) is 0 Å². The van der Waals surface area contributed by atoms with Crippen molar-refractivity contribution in [3.8, 4) is 0 Å². The van der Waals surface area contributed by atoms with Crippen LogP contribution in [0.15, 0.2) is 6.20 Å². The molecule has 1 aromatic rings. The summed E-state index contributed by atoms with van der Waals surface area (Å²) in [4.78, 5) is 32.4. The molecule has 0 radical (unpaired) electrons. The van der Waals surface area contributed by atoms with E-state index in [-0.39, 0.29) is 17.9 Å².